The Kier molecular flexibility index (Phi) is 5.25. The number of carbonyl (C=O) groups excluding carboxylic acids is 2. The van der Waals surface area contributed by atoms with E-state index in [4.69, 9.17) is 4.74 Å². The fourth-order valence-corrected chi connectivity index (χ4v) is 3.77. The lowest BCUT2D eigenvalue weighted by Crippen LogP contribution is -2.38. The molecule has 4 aromatic rings. The van der Waals surface area contributed by atoms with E-state index in [1.807, 2.05) is 12.1 Å². The minimum atomic E-state index is -0.967. The highest BCUT2D eigenvalue weighted by molar-refractivity contribution is 6.02. The summed E-state index contributed by atoms with van der Waals surface area (Å²) < 4.78 is 33.9. The molecule has 1 aromatic heterocycles. The van der Waals surface area contributed by atoms with Crippen LogP contribution in [0.5, 0.6) is 11.5 Å². The zero-order valence-corrected chi connectivity index (χ0v) is 17.6. The minimum Gasteiger partial charge on any atom is -0.508 e. The Balaban J connectivity index is 1.33. The molecule has 0 aliphatic carbocycles. The molecule has 0 bridgehead atoms. The highest BCUT2D eigenvalue weighted by atomic mass is 19.1. The number of carbonyl (C=O) groups is 2. The molecule has 34 heavy (non-hydrogen) atoms. The number of benzene rings is 3. The topological polar surface area (TPSA) is 107 Å². The van der Waals surface area contributed by atoms with E-state index in [1.54, 1.807) is 24.4 Å². The average Bonchev–Trinajstić information content (AvgIpc) is 3.25. The third-order valence-corrected chi connectivity index (χ3v) is 5.42. The second kappa shape index (κ2) is 8.39. The summed E-state index contributed by atoms with van der Waals surface area (Å²) in [7, 11) is 0. The average molecular weight is 464 g/mol. The number of ether oxygens (including phenoxy) is 1. The van der Waals surface area contributed by atoms with Crippen LogP contribution in [0.1, 0.15) is 5.56 Å². The van der Waals surface area contributed by atoms with E-state index in [9.17, 15) is 23.5 Å². The molecule has 0 saturated carbocycles. The van der Waals surface area contributed by atoms with E-state index >= 15 is 0 Å². The van der Waals surface area contributed by atoms with Gasteiger partial charge < -0.3 is 30.4 Å². The fraction of sp³-hybridized carbons (Fsp3) is 0.0833. The number of fused-ring (bicyclic) bond motifs is 2. The van der Waals surface area contributed by atoms with Crippen molar-refractivity contribution in [2.45, 2.75) is 6.54 Å². The molecule has 2 heterocycles. The summed E-state index contributed by atoms with van der Waals surface area (Å²) in [5.41, 5.74) is 1.81. The largest absolute Gasteiger partial charge is 0.508 e. The highest BCUT2D eigenvalue weighted by Crippen LogP contribution is 2.36. The van der Waals surface area contributed by atoms with Gasteiger partial charge in [0, 0.05) is 46.9 Å². The van der Waals surface area contributed by atoms with Crippen LogP contribution in [-0.2, 0) is 11.3 Å². The van der Waals surface area contributed by atoms with E-state index in [0.29, 0.717) is 17.1 Å². The van der Waals surface area contributed by atoms with Crippen molar-refractivity contribution in [1.29, 1.82) is 0 Å². The first-order valence-electron chi connectivity index (χ1n) is 10.3. The van der Waals surface area contributed by atoms with Crippen molar-refractivity contribution in [1.82, 2.24) is 4.98 Å². The van der Waals surface area contributed by atoms with Crippen LogP contribution in [0.25, 0.3) is 10.9 Å². The smallest absolute Gasteiger partial charge is 0.323 e. The number of aromatic amines is 1. The van der Waals surface area contributed by atoms with Crippen molar-refractivity contribution >= 4 is 39.9 Å². The van der Waals surface area contributed by atoms with E-state index in [0.717, 1.165) is 23.0 Å². The van der Waals surface area contributed by atoms with Gasteiger partial charge in [-0.15, -0.1) is 0 Å². The Morgan fingerprint density at radius 3 is 2.50 bits per heavy atom. The van der Waals surface area contributed by atoms with Gasteiger partial charge in [-0.1, -0.05) is 6.07 Å². The first kappa shape index (κ1) is 21.3. The molecule has 4 N–H and O–H groups in total. The number of urea groups is 1. The number of amides is 3. The Morgan fingerprint density at radius 2 is 1.74 bits per heavy atom. The van der Waals surface area contributed by atoms with E-state index in [1.165, 1.54) is 17.0 Å². The van der Waals surface area contributed by atoms with Crippen LogP contribution < -0.4 is 20.3 Å². The molecule has 172 valence electrons. The molecule has 1 aliphatic rings. The van der Waals surface area contributed by atoms with Crippen LogP contribution >= 0.6 is 0 Å². The van der Waals surface area contributed by atoms with Gasteiger partial charge in [0.15, 0.2) is 6.61 Å². The van der Waals surface area contributed by atoms with Crippen LogP contribution in [0, 0.1) is 11.6 Å². The van der Waals surface area contributed by atoms with Crippen LogP contribution in [0.3, 0.4) is 0 Å². The van der Waals surface area contributed by atoms with Crippen LogP contribution in [0.15, 0.2) is 60.8 Å². The molecule has 0 atom stereocenters. The molecular weight excluding hydrogens is 446 g/mol. The molecule has 0 saturated heterocycles. The molecule has 5 rings (SSSR count). The predicted molar refractivity (Wildman–Crippen MR) is 122 cm³/mol. The maximum absolute atomic E-state index is 14.2. The first-order chi connectivity index (χ1) is 16.4. The number of halogens is 2. The van der Waals surface area contributed by atoms with Gasteiger partial charge in [-0.2, -0.15) is 0 Å². The van der Waals surface area contributed by atoms with Crippen molar-refractivity contribution in [3.8, 4) is 11.5 Å². The van der Waals surface area contributed by atoms with E-state index in [-0.39, 0.29) is 24.5 Å². The van der Waals surface area contributed by atoms with E-state index in [2.05, 4.69) is 15.6 Å². The van der Waals surface area contributed by atoms with Crippen molar-refractivity contribution in [3.63, 3.8) is 0 Å². The third-order valence-electron chi connectivity index (χ3n) is 5.42. The predicted octanol–water partition coefficient (Wildman–Crippen LogP) is 4.72. The summed E-state index contributed by atoms with van der Waals surface area (Å²) in [5, 5.41) is 15.8. The summed E-state index contributed by atoms with van der Waals surface area (Å²) in [5.74, 6) is -2.70. The number of anilines is 3. The quantitative estimate of drug-likeness (QED) is 0.351. The number of phenolic OH excluding ortho intramolecular Hbond substituents is 1. The summed E-state index contributed by atoms with van der Waals surface area (Å²) in [6.45, 7) is -0.720. The summed E-state index contributed by atoms with van der Waals surface area (Å²) in [6.07, 6.45) is 1.81. The van der Waals surface area contributed by atoms with Gasteiger partial charge in [0.25, 0.3) is 5.91 Å². The number of hydrogen-bond donors (Lipinski definition) is 4. The molecule has 3 amide bonds. The number of rotatable bonds is 4. The number of hydrogen-bond acceptors (Lipinski definition) is 4. The highest BCUT2D eigenvalue weighted by Gasteiger charge is 2.28. The Morgan fingerprint density at radius 1 is 1.03 bits per heavy atom. The zero-order valence-electron chi connectivity index (χ0n) is 17.6. The molecule has 0 radical (unpaired) electrons. The summed E-state index contributed by atoms with van der Waals surface area (Å²) in [6, 6.07) is 13.0. The molecule has 0 unspecified atom stereocenters. The van der Waals surface area contributed by atoms with E-state index < -0.39 is 29.3 Å². The summed E-state index contributed by atoms with van der Waals surface area (Å²) >= 11 is 0. The van der Waals surface area contributed by atoms with Gasteiger partial charge in [0.2, 0.25) is 0 Å². The molecule has 1 aliphatic heterocycles. The Hall–Kier alpha value is -4.60. The van der Waals surface area contributed by atoms with Gasteiger partial charge in [-0.25, -0.2) is 13.6 Å². The monoisotopic (exact) mass is 464 g/mol. The van der Waals surface area contributed by atoms with Gasteiger partial charge in [0.05, 0.1) is 12.2 Å². The van der Waals surface area contributed by atoms with Crippen LogP contribution in [0.2, 0.25) is 0 Å². The Bertz CT molecular complexity index is 1410. The lowest BCUT2D eigenvalue weighted by atomic mass is 10.1. The molecule has 10 heteroatoms. The van der Waals surface area contributed by atoms with Crippen molar-refractivity contribution in [3.05, 3.63) is 78.0 Å². The van der Waals surface area contributed by atoms with Crippen LogP contribution in [0.4, 0.5) is 30.6 Å². The minimum absolute atomic E-state index is 0.268. The molecule has 8 nitrogen and oxygen atoms in total. The molecule has 3 aromatic carbocycles. The SMILES string of the molecule is O=C(Nc1ccc2c(c1)OCC(=O)N2Cc1c(F)cc(O)cc1F)Nc1ccc2cc[nH]c2c1. The third kappa shape index (κ3) is 4.08. The summed E-state index contributed by atoms with van der Waals surface area (Å²) in [4.78, 5) is 29.1. The number of nitrogens with zero attached hydrogens (tertiary/aromatic N) is 1. The first-order valence-corrected chi connectivity index (χ1v) is 10.3. The van der Waals surface area contributed by atoms with Crippen LogP contribution in [-0.4, -0.2) is 28.6 Å². The Labute approximate surface area is 191 Å². The fourth-order valence-electron chi connectivity index (χ4n) is 3.77. The maximum atomic E-state index is 14.2. The number of H-pyrrole nitrogens is 1. The number of nitrogens with one attached hydrogen (secondary N) is 3. The number of aromatic hydroxyl groups is 1. The molecule has 0 spiro atoms. The molecular formula is C24H18F2N4O4. The van der Waals surface area contributed by atoms with Crippen molar-refractivity contribution in [2.24, 2.45) is 0 Å². The van der Waals surface area contributed by atoms with Gasteiger partial charge in [-0.3, -0.25) is 4.79 Å². The number of aromatic nitrogens is 1. The lowest BCUT2D eigenvalue weighted by Gasteiger charge is -2.30. The number of phenols is 1. The second-order valence-corrected chi connectivity index (χ2v) is 7.70. The van der Waals surface area contributed by atoms with Gasteiger partial charge >= 0.3 is 6.03 Å². The van der Waals surface area contributed by atoms with Gasteiger partial charge in [0.1, 0.15) is 23.1 Å². The zero-order chi connectivity index (χ0) is 23.8. The van der Waals surface area contributed by atoms with Crippen molar-refractivity contribution in [2.75, 3.05) is 22.1 Å². The normalized spacial score (nSPS) is 12.9. The standard InChI is InChI=1S/C24H18F2N4O4/c25-18-9-16(31)10-19(26)17(18)11-30-21-4-3-15(8-22(21)34-12-23(30)32)29-24(33)28-14-2-1-13-5-6-27-20(13)7-14/h1-10,27,31H,11-12H2,(H2,28,29,33). The maximum Gasteiger partial charge on any atom is 0.323 e. The second-order valence-electron chi connectivity index (χ2n) is 7.70. The van der Waals surface area contributed by atoms with Crippen molar-refractivity contribution < 1.29 is 28.2 Å². The molecule has 0 fully saturated rings. The van der Waals surface area contributed by atoms with Gasteiger partial charge in [-0.05, 0) is 35.7 Å². The lowest BCUT2D eigenvalue weighted by molar-refractivity contribution is -0.121.